The van der Waals surface area contributed by atoms with Gasteiger partial charge in [-0.3, -0.25) is 4.79 Å². The van der Waals surface area contributed by atoms with E-state index >= 15 is 0 Å². The normalized spacial score (nSPS) is 10.6. The second kappa shape index (κ2) is 5.45. The summed E-state index contributed by atoms with van der Waals surface area (Å²) in [4.78, 5) is 12.3. The summed E-state index contributed by atoms with van der Waals surface area (Å²) in [6.45, 7) is 5.99. The van der Waals surface area contributed by atoms with E-state index in [1.54, 1.807) is 6.07 Å². The van der Waals surface area contributed by atoms with Gasteiger partial charge in [0, 0.05) is 12.0 Å². The lowest BCUT2D eigenvalue weighted by molar-refractivity contribution is 0.0993. The topological polar surface area (TPSA) is 43.1 Å². The molecular weight excluding hydrogens is 253 g/mol. The Kier molecular flexibility index (Phi) is 3.89. The molecule has 0 aliphatic carbocycles. The van der Waals surface area contributed by atoms with Crippen molar-refractivity contribution < 1.29 is 9.18 Å². The maximum atomic E-state index is 13.4. The highest BCUT2D eigenvalue weighted by Gasteiger charge is 2.15. The molecule has 2 nitrogen and oxygen atoms in total. The van der Waals surface area contributed by atoms with Gasteiger partial charge in [-0.2, -0.15) is 0 Å². The van der Waals surface area contributed by atoms with Crippen LogP contribution in [-0.4, -0.2) is 5.78 Å². The van der Waals surface area contributed by atoms with Crippen molar-refractivity contribution in [3.05, 3.63) is 64.0 Å². The Bertz CT molecular complexity index is 654. The lowest BCUT2D eigenvalue weighted by Crippen LogP contribution is -2.10. The molecule has 0 spiro atoms. The van der Waals surface area contributed by atoms with Crippen molar-refractivity contribution in [2.75, 3.05) is 5.73 Å². The van der Waals surface area contributed by atoms with E-state index < -0.39 is 5.82 Å². The van der Waals surface area contributed by atoms with Crippen molar-refractivity contribution in [2.24, 2.45) is 0 Å². The molecule has 20 heavy (non-hydrogen) atoms. The first kappa shape index (κ1) is 14.3. The molecule has 0 saturated heterocycles. The third kappa shape index (κ3) is 2.72. The SMILES string of the molecule is Cc1cc(C)c(CC(=O)c2cccc(F)c2N)c(C)c1. The number of rotatable bonds is 3. The molecule has 0 aromatic heterocycles. The number of aryl methyl sites for hydroxylation is 3. The average molecular weight is 271 g/mol. The number of hydrogen-bond donors (Lipinski definition) is 1. The zero-order valence-electron chi connectivity index (χ0n) is 12.0. The Labute approximate surface area is 118 Å². The summed E-state index contributed by atoms with van der Waals surface area (Å²) >= 11 is 0. The summed E-state index contributed by atoms with van der Waals surface area (Å²) in [7, 11) is 0. The van der Waals surface area contributed by atoms with Gasteiger partial charge < -0.3 is 5.73 Å². The minimum absolute atomic E-state index is 0.0695. The maximum Gasteiger partial charge on any atom is 0.169 e. The number of para-hydroxylation sites is 1. The lowest BCUT2D eigenvalue weighted by atomic mass is 9.93. The van der Waals surface area contributed by atoms with Crippen LogP contribution in [0.5, 0.6) is 0 Å². The molecule has 0 atom stereocenters. The van der Waals surface area contributed by atoms with E-state index in [1.807, 2.05) is 32.9 Å². The van der Waals surface area contributed by atoms with Crippen LogP contribution in [0.1, 0.15) is 32.6 Å². The lowest BCUT2D eigenvalue weighted by Gasteiger charge is -2.12. The van der Waals surface area contributed by atoms with Gasteiger partial charge in [-0.15, -0.1) is 0 Å². The smallest absolute Gasteiger partial charge is 0.169 e. The van der Waals surface area contributed by atoms with Crippen molar-refractivity contribution in [3.8, 4) is 0 Å². The van der Waals surface area contributed by atoms with Crippen LogP contribution in [0.15, 0.2) is 30.3 Å². The molecule has 0 unspecified atom stereocenters. The molecule has 0 radical (unpaired) electrons. The van der Waals surface area contributed by atoms with Gasteiger partial charge in [0.1, 0.15) is 5.82 Å². The molecule has 0 aliphatic rings. The van der Waals surface area contributed by atoms with Gasteiger partial charge in [0.25, 0.3) is 0 Å². The minimum Gasteiger partial charge on any atom is -0.396 e. The summed E-state index contributed by atoms with van der Waals surface area (Å²) in [5, 5.41) is 0. The quantitative estimate of drug-likeness (QED) is 0.682. The van der Waals surface area contributed by atoms with Crippen molar-refractivity contribution >= 4 is 11.5 Å². The van der Waals surface area contributed by atoms with Crippen LogP contribution in [0.2, 0.25) is 0 Å². The summed E-state index contributed by atoms with van der Waals surface area (Å²) in [5.74, 6) is -0.703. The summed E-state index contributed by atoms with van der Waals surface area (Å²) in [6, 6.07) is 8.43. The Balaban J connectivity index is 2.36. The third-order valence-electron chi connectivity index (χ3n) is 3.53. The van der Waals surface area contributed by atoms with Crippen LogP contribution in [0.25, 0.3) is 0 Å². The predicted molar refractivity (Wildman–Crippen MR) is 79.5 cm³/mol. The first-order chi connectivity index (χ1) is 9.40. The molecule has 0 fully saturated rings. The van der Waals surface area contributed by atoms with E-state index in [0.29, 0.717) is 0 Å². The molecule has 0 bridgehead atoms. The maximum absolute atomic E-state index is 13.4. The average Bonchev–Trinajstić information content (AvgIpc) is 2.36. The van der Waals surface area contributed by atoms with E-state index in [4.69, 9.17) is 5.73 Å². The van der Waals surface area contributed by atoms with Gasteiger partial charge in [0.2, 0.25) is 0 Å². The van der Waals surface area contributed by atoms with Crippen LogP contribution in [0, 0.1) is 26.6 Å². The standard InChI is InChI=1S/C17H18FNO/c1-10-7-11(2)14(12(3)8-10)9-16(20)13-5-4-6-15(18)17(13)19/h4-8H,9,19H2,1-3H3. The fraction of sp³-hybridized carbons (Fsp3) is 0.235. The van der Waals surface area contributed by atoms with Gasteiger partial charge in [-0.1, -0.05) is 23.8 Å². The number of nitrogens with two attached hydrogens (primary N) is 1. The van der Waals surface area contributed by atoms with E-state index in [2.05, 4.69) is 0 Å². The molecule has 2 aromatic rings. The van der Waals surface area contributed by atoms with Gasteiger partial charge in [-0.05, 0) is 49.6 Å². The first-order valence-corrected chi connectivity index (χ1v) is 6.54. The van der Waals surface area contributed by atoms with Crippen LogP contribution >= 0.6 is 0 Å². The van der Waals surface area contributed by atoms with Crippen molar-refractivity contribution in [2.45, 2.75) is 27.2 Å². The highest BCUT2D eigenvalue weighted by molar-refractivity contribution is 6.02. The Morgan fingerprint density at radius 1 is 1.15 bits per heavy atom. The van der Waals surface area contributed by atoms with E-state index in [-0.39, 0.29) is 23.5 Å². The molecule has 2 N–H and O–H groups in total. The van der Waals surface area contributed by atoms with Gasteiger partial charge in [0.15, 0.2) is 5.78 Å². The minimum atomic E-state index is -0.548. The summed E-state index contributed by atoms with van der Waals surface area (Å²) in [6.07, 6.45) is 0.242. The molecule has 0 amide bonds. The Morgan fingerprint density at radius 3 is 2.35 bits per heavy atom. The number of hydrogen-bond acceptors (Lipinski definition) is 2. The highest BCUT2D eigenvalue weighted by Crippen LogP contribution is 2.22. The molecule has 0 aliphatic heterocycles. The number of carbonyl (C=O) groups is 1. The van der Waals surface area contributed by atoms with Crippen LogP contribution < -0.4 is 5.73 Å². The van der Waals surface area contributed by atoms with E-state index in [1.165, 1.54) is 17.7 Å². The number of anilines is 1. The number of nitrogen functional groups attached to an aromatic ring is 1. The van der Waals surface area contributed by atoms with Gasteiger partial charge in [0.05, 0.1) is 5.69 Å². The molecule has 3 heteroatoms. The fourth-order valence-corrected chi connectivity index (χ4v) is 2.52. The third-order valence-corrected chi connectivity index (χ3v) is 3.53. The Hall–Kier alpha value is -2.16. The highest BCUT2D eigenvalue weighted by atomic mass is 19.1. The molecule has 0 saturated carbocycles. The van der Waals surface area contributed by atoms with Crippen LogP contribution in [0.3, 0.4) is 0 Å². The zero-order chi connectivity index (χ0) is 14.9. The second-order valence-electron chi connectivity index (χ2n) is 5.18. The largest absolute Gasteiger partial charge is 0.396 e. The summed E-state index contributed by atoms with van der Waals surface area (Å²) in [5.41, 5.74) is 10.1. The first-order valence-electron chi connectivity index (χ1n) is 6.54. The number of benzene rings is 2. The zero-order valence-corrected chi connectivity index (χ0v) is 12.0. The van der Waals surface area contributed by atoms with Crippen LogP contribution in [-0.2, 0) is 6.42 Å². The molecular formula is C17H18FNO. The fourth-order valence-electron chi connectivity index (χ4n) is 2.52. The molecule has 2 aromatic carbocycles. The van der Waals surface area contributed by atoms with Crippen molar-refractivity contribution in [1.82, 2.24) is 0 Å². The number of carbonyl (C=O) groups excluding carboxylic acids is 1. The van der Waals surface area contributed by atoms with E-state index in [9.17, 15) is 9.18 Å². The summed E-state index contributed by atoms with van der Waals surface area (Å²) < 4.78 is 13.4. The van der Waals surface area contributed by atoms with Crippen molar-refractivity contribution in [3.63, 3.8) is 0 Å². The number of halogens is 1. The number of Topliss-reactive ketones (excluding diaryl/α,β-unsaturated/α-hetero) is 1. The second-order valence-corrected chi connectivity index (χ2v) is 5.18. The van der Waals surface area contributed by atoms with Crippen molar-refractivity contribution in [1.29, 1.82) is 0 Å². The Morgan fingerprint density at radius 2 is 1.75 bits per heavy atom. The predicted octanol–water partition coefficient (Wildman–Crippen LogP) is 3.76. The van der Waals surface area contributed by atoms with Gasteiger partial charge >= 0.3 is 0 Å². The molecule has 2 rings (SSSR count). The number of ketones is 1. The van der Waals surface area contributed by atoms with Gasteiger partial charge in [-0.25, -0.2) is 4.39 Å². The van der Waals surface area contributed by atoms with E-state index in [0.717, 1.165) is 16.7 Å². The van der Waals surface area contributed by atoms with Crippen LogP contribution in [0.4, 0.5) is 10.1 Å². The molecule has 0 heterocycles. The monoisotopic (exact) mass is 271 g/mol. The molecule has 104 valence electrons.